The molecule has 1 saturated carbocycles. The van der Waals surface area contributed by atoms with Crippen molar-refractivity contribution in [1.29, 1.82) is 0 Å². The van der Waals surface area contributed by atoms with E-state index in [1.165, 1.54) is 12.8 Å². The second-order valence-corrected chi connectivity index (χ2v) is 5.67. The zero-order valence-electron chi connectivity index (χ0n) is 11.4. The molecule has 1 aliphatic carbocycles. The highest BCUT2D eigenvalue weighted by Gasteiger charge is 2.41. The number of nitrogens with zero attached hydrogens (tertiary/aromatic N) is 2. The van der Waals surface area contributed by atoms with Crippen molar-refractivity contribution >= 4 is 11.6 Å². The first-order valence-electron chi connectivity index (χ1n) is 7.01. The number of nitrogen functional groups attached to an aromatic ring is 1. The Bertz CT molecular complexity index is 484. The Labute approximate surface area is 114 Å². The van der Waals surface area contributed by atoms with E-state index in [1.54, 1.807) is 0 Å². The van der Waals surface area contributed by atoms with Crippen LogP contribution in [0.15, 0.2) is 24.3 Å². The van der Waals surface area contributed by atoms with Crippen LogP contribution in [0, 0.1) is 0 Å². The zero-order chi connectivity index (χ0) is 13.4. The molecule has 1 aromatic rings. The van der Waals surface area contributed by atoms with E-state index >= 15 is 0 Å². The first kappa shape index (κ1) is 12.5. The molecule has 0 bridgehead atoms. The van der Waals surface area contributed by atoms with Crippen molar-refractivity contribution in [3.63, 3.8) is 0 Å². The summed E-state index contributed by atoms with van der Waals surface area (Å²) in [7, 11) is 1.89. The molecule has 4 nitrogen and oxygen atoms in total. The Hall–Kier alpha value is -1.55. The molecule has 0 radical (unpaired) electrons. The van der Waals surface area contributed by atoms with Gasteiger partial charge in [0.1, 0.15) is 0 Å². The van der Waals surface area contributed by atoms with Crippen molar-refractivity contribution in [2.45, 2.75) is 37.9 Å². The van der Waals surface area contributed by atoms with Crippen LogP contribution >= 0.6 is 0 Å². The molecule has 3 rings (SSSR count). The normalized spacial score (nSPS) is 23.4. The lowest BCUT2D eigenvalue weighted by Gasteiger charge is -2.28. The third-order valence-corrected chi connectivity index (χ3v) is 4.22. The molecule has 4 heteroatoms. The van der Waals surface area contributed by atoms with Crippen molar-refractivity contribution in [2.75, 3.05) is 19.3 Å². The first-order valence-corrected chi connectivity index (χ1v) is 7.01. The van der Waals surface area contributed by atoms with Crippen LogP contribution in [0.1, 0.15) is 24.8 Å². The molecular weight excluding hydrogens is 238 g/mol. The number of likely N-dealkylation sites (N-methyl/N-ethyl adjacent to an activating group) is 1. The van der Waals surface area contributed by atoms with E-state index in [-0.39, 0.29) is 11.9 Å². The smallest absolute Gasteiger partial charge is 0.239 e. The van der Waals surface area contributed by atoms with Crippen LogP contribution in [-0.2, 0) is 11.3 Å². The molecule has 1 heterocycles. The molecule has 102 valence electrons. The maximum absolute atomic E-state index is 12.2. The summed E-state index contributed by atoms with van der Waals surface area (Å²) in [6, 6.07) is 8.59. The van der Waals surface area contributed by atoms with E-state index in [2.05, 4.69) is 11.0 Å². The maximum Gasteiger partial charge on any atom is 0.239 e. The zero-order valence-corrected chi connectivity index (χ0v) is 11.4. The monoisotopic (exact) mass is 259 g/mol. The average Bonchev–Trinajstić information content (AvgIpc) is 3.18. The number of amides is 1. The van der Waals surface area contributed by atoms with Crippen LogP contribution in [0.5, 0.6) is 0 Å². The fourth-order valence-electron chi connectivity index (χ4n) is 2.89. The summed E-state index contributed by atoms with van der Waals surface area (Å²) in [5.74, 6) is 0.265. The number of hydrogen-bond donors (Lipinski definition) is 1. The largest absolute Gasteiger partial charge is 0.398 e. The summed E-state index contributed by atoms with van der Waals surface area (Å²) in [6.45, 7) is 1.67. The fourth-order valence-corrected chi connectivity index (χ4v) is 2.89. The number of rotatable bonds is 4. The van der Waals surface area contributed by atoms with Crippen molar-refractivity contribution in [3.8, 4) is 0 Å². The van der Waals surface area contributed by atoms with Gasteiger partial charge in [-0.05, 0) is 30.9 Å². The number of benzene rings is 1. The van der Waals surface area contributed by atoms with E-state index in [0.29, 0.717) is 6.04 Å². The van der Waals surface area contributed by atoms with E-state index in [1.807, 2.05) is 30.1 Å². The Morgan fingerprint density at radius 1 is 1.32 bits per heavy atom. The van der Waals surface area contributed by atoms with Crippen LogP contribution in [0.4, 0.5) is 5.69 Å². The molecule has 1 aliphatic heterocycles. The Morgan fingerprint density at radius 2 is 2.05 bits per heavy atom. The molecule has 19 heavy (non-hydrogen) atoms. The molecule has 1 aromatic carbocycles. The van der Waals surface area contributed by atoms with E-state index in [9.17, 15) is 4.79 Å². The molecule has 1 saturated heterocycles. The predicted molar refractivity (Wildman–Crippen MR) is 75.5 cm³/mol. The number of anilines is 1. The number of hydrogen-bond acceptors (Lipinski definition) is 3. The molecule has 1 amide bonds. The lowest BCUT2D eigenvalue weighted by atomic mass is 10.1. The van der Waals surface area contributed by atoms with Gasteiger partial charge < -0.3 is 10.6 Å². The molecule has 1 atom stereocenters. The first-order chi connectivity index (χ1) is 9.16. The van der Waals surface area contributed by atoms with Crippen molar-refractivity contribution < 1.29 is 4.79 Å². The Kier molecular flexibility index (Phi) is 3.19. The molecule has 0 spiro atoms. The molecule has 0 aromatic heterocycles. The standard InChI is InChI=1S/C15H21N3O/c1-17-9-8-14(15(17)19)18(12-6-7-12)10-11-4-2-3-5-13(11)16/h2-5,12,14H,6-10,16H2,1H3. The highest BCUT2D eigenvalue weighted by Crippen LogP contribution is 2.33. The lowest BCUT2D eigenvalue weighted by Crippen LogP contribution is -2.42. The second-order valence-electron chi connectivity index (χ2n) is 5.67. The van der Waals surface area contributed by atoms with Gasteiger partial charge in [0, 0.05) is 31.9 Å². The van der Waals surface area contributed by atoms with Gasteiger partial charge in [-0.3, -0.25) is 9.69 Å². The number of para-hydroxylation sites is 1. The summed E-state index contributed by atoms with van der Waals surface area (Å²) in [5.41, 5.74) is 7.99. The van der Waals surface area contributed by atoms with Crippen LogP contribution in [0.3, 0.4) is 0 Å². The maximum atomic E-state index is 12.2. The third kappa shape index (κ3) is 2.45. The van der Waals surface area contributed by atoms with Crippen molar-refractivity contribution in [1.82, 2.24) is 9.80 Å². The number of likely N-dealkylation sites (tertiary alicyclic amines) is 1. The van der Waals surface area contributed by atoms with E-state index < -0.39 is 0 Å². The van der Waals surface area contributed by atoms with Crippen molar-refractivity contribution in [3.05, 3.63) is 29.8 Å². The van der Waals surface area contributed by atoms with Gasteiger partial charge in [0.15, 0.2) is 0 Å². The summed E-state index contributed by atoms with van der Waals surface area (Å²) in [5, 5.41) is 0. The molecular formula is C15H21N3O. The SMILES string of the molecule is CN1CCC(N(Cc2ccccc2N)C2CC2)C1=O. The number of carbonyl (C=O) groups is 1. The van der Waals surface area contributed by atoms with Gasteiger partial charge >= 0.3 is 0 Å². The highest BCUT2D eigenvalue weighted by molar-refractivity contribution is 5.83. The van der Waals surface area contributed by atoms with Gasteiger partial charge in [0.2, 0.25) is 5.91 Å². The van der Waals surface area contributed by atoms with Crippen molar-refractivity contribution in [2.24, 2.45) is 0 Å². The van der Waals surface area contributed by atoms with Gasteiger partial charge in [-0.15, -0.1) is 0 Å². The summed E-state index contributed by atoms with van der Waals surface area (Å²) < 4.78 is 0. The lowest BCUT2D eigenvalue weighted by molar-refractivity contribution is -0.131. The Morgan fingerprint density at radius 3 is 2.63 bits per heavy atom. The van der Waals surface area contributed by atoms with Crippen LogP contribution < -0.4 is 5.73 Å². The quantitative estimate of drug-likeness (QED) is 0.833. The molecule has 1 unspecified atom stereocenters. The topological polar surface area (TPSA) is 49.6 Å². The minimum atomic E-state index is 0.0529. The van der Waals surface area contributed by atoms with E-state index in [4.69, 9.17) is 5.73 Å². The molecule has 2 fully saturated rings. The van der Waals surface area contributed by atoms with Gasteiger partial charge in [-0.2, -0.15) is 0 Å². The second kappa shape index (κ2) is 4.85. The van der Waals surface area contributed by atoms with Crippen LogP contribution in [0.25, 0.3) is 0 Å². The minimum absolute atomic E-state index is 0.0529. The Balaban J connectivity index is 1.79. The predicted octanol–water partition coefficient (Wildman–Crippen LogP) is 1.46. The molecule has 2 N–H and O–H groups in total. The number of carbonyl (C=O) groups excluding carboxylic acids is 1. The van der Waals surface area contributed by atoms with Gasteiger partial charge in [0.05, 0.1) is 6.04 Å². The van der Waals surface area contributed by atoms with Crippen LogP contribution in [-0.4, -0.2) is 41.4 Å². The minimum Gasteiger partial charge on any atom is -0.398 e. The van der Waals surface area contributed by atoms with E-state index in [0.717, 1.165) is 30.8 Å². The summed E-state index contributed by atoms with van der Waals surface area (Å²) >= 11 is 0. The summed E-state index contributed by atoms with van der Waals surface area (Å²) in [6.07, 6.45) is 3.36. The summed E-state index contributed by atoms with van der Waals surface area (Å²) in [4.78, 5) is 16.4. The fraction of sp³-hybridized carbons (Fsp3) is 0.533. The number of nitrogens with two attached hydrogens (primary N) is 1. The average molecular weight is 259 g/mol. The van der Waals surface area contributed by atoms with Crippen LogP contribution in [0.2, 0.25) is 0 Å². The van der Waals surface area contributed by atoms with Gasteiger partial charge in [-0.25, -0.2) is 0 Å². The van der Waals surface area contributed by atoms with Gasteiger partial charge in [0.25, 0.3) is 0 Å². The molecule has 2 aliphatic rings. The van der Waals surface area contributed by atoms with Gasteiger partial charge in [-0.1, -0.05) is 18.2 Å². The highest BCUT2D eigenvalue weighted by atomic mass is 16.2. The third-order valence-electron chi connectivity index (χ3n) is 4.22.